The molecule has 0 bridgehead atoms. The number of rotatable bonds is 7. The number of hydrogen-bond donors (Lipinski definition) is 3. The van der Waals surface area contributed by atoms with Crippen LogP contribution in [0.1, 0.15) is 25.3 Å². The number of hydrogen-bond acceptors (Lipinski definition) is 3. The highest BCUT2D eigenvalue weighted by molar-refractivity contribution is 5.92. The molecule has 0 radical (unpaired) electrons. The minimum atomic E-state index is -0.147. The van der Waals surface area contributed by atoms with E-state index in [2.05, 4.69) is 16.0 Å². The van der Waals surface area contributed by atoms with E-state index in [0.29, 0.717) is 19.0 Å². The van der Waals surface area contributed by atoms with Gasteiger partial charge in [0.15, 0.2) is 0 Å². The highest BCUT2D eigenvalue weighted by Crippen LogP contribution is 2.32. The first kappa shape index (κ1) is 17.3. The third-order valence-electron chi connectivity index (χ3n) is 3.81. The van der Waals surface area contributed by atoms with E-state index in [9.17, 15) is 9.59 Å². The standard InChI is InChI=1S/C17H26N4O2/c1-12(14-7-8-14)19-17(23)18-10-13-5-4-6-15(9-13)20-16(22)11-21(2)3/h4-6,9,12,14H,7-8,10-11H2,1-3H3,(H,20,22)(H2,18,19,23). The first-order valence-electron chi connectivity index (χ1n) is 8.02. The van der Waals surface area contributed by atoms with E-state index in [1.165, 1.54) is 12.8 Å². The van der Waals surface area contributed by atoms with Crippen LogP contribution in [0.15, 0.2) is 24.3 Å². The maximum atomic E-state index is 11.8. The maximum absolute atomic E-state index is 11.8. The minimum absolute atomic E-state index is 0.0592. The second-order valence-electron chi connectivity index (χ2n) is 6.44. The van der Waals surface area contributed by atoms with Crippen LogP contribution < -0.4 is 16.0 Å². The summed E-state index contributed by atoms with van der Waals surface area (Å²) in [6.07, 6.45) is 2.41. The normalized spacial score (nSPS) is 15.1. The Hall–Kier alpha value is -2.08. The van der Waals surface area contributed by atoms with Crippen molar-refractivity contribution in [1.82, 2.24) is 15.5 Å². The first-order valence-corrected chi connectivity index (χ1v) is 8.02. The average Bonchev–Trinajstić information content (AvgIpc) is 3.29. The van der Waals surface area contributed by atoms with Gasteiger partial charge in [-0.1, -0.05) is 12.1 Å². The Labute approximate surface area is 137 Å². The topological polar surface area (TPSA) is 73.5 Å². The van der Waals surface area contributed by atoms with Crippen LogP contribution in [-0.4, -0.2) is 43.5 Å². The van der Waals surface area contributed by atoms with E-state index >= 15 is 0 Å². The van der Waals surface area contributed by atoms with Gasteiger partial charge in [0.25, 0.3) is 0 Å². The Morgan fingerprint density at radius 2 is 2.04 bits per heavy atom. The van der Waals surface area contributed by atoms with Crippen LogP contribution in [0.25, 0.3) is 0 Å². The van der Waals surface area contributed by atoms with Crippen molar-refractivity contribution in [2.24, 2.45) is 5.92 Å². The Morgan fingerprint density at radius 1 is 1.30 bits per heavy atom. The van der Waals surface area contributed by atoms with Crippen LogP contribution in [0.4, 0.5) is 10.5 Å². The van der Waals surface area contributed by atoms with Gasteiger partial charge in [0.05, 0.1) is 6.54 Å². The van der Waals surface area contributed by atoms with Crippen LogP contribution in [0.5, 0.6) is 0 Å². The van der Waals surface area contributed by atoms with Crippen LogP contribution >= 0.6 is 0 Å². The summed E-state index contributed by atoms with van der Waals surface area (Å²) in [6.45, 7) is 2.81. The summed E-state index contributed by atoms with van der Waals surface area (Å²) in [7, 11) is 3.70. The predicted octanol–water partition coefficient (Wildman–Crippen LogP) is 1.78. The number of likely N-dealkylation sites (N-methyl/N-ethyl adjacent to an activating group) is 1. The molecule has 1 aliphatic carbocycles. The van der Waals surface area contributed by atoms with Crippen molar-refractivity contribution in [2.45, 2.75) is 32.4 Å². The number of nitrogens with zero attached hydrogens (tertiary/aromatic N) is 1. The molecule has 1 atom stereocenters. The zero-order chi connectivity index (χ0) is 16.8. The lowest BCUT2D eigenvalue weighted by Gasteiger charge is -2.14. The van der Waals surface area contributed by atoms with Gasteiger partial charge in [-0.05, 0) is 57.5 Å². The molecule has 2 rings (SSSR count). The molecule has 0 saturated heterocycles. The molecule has 1 aromatic rings. The molecule has 0 spiro atoms. The molecular weight excluding hydrogens is 292 g/mol. The zero-order valence-corrected chi connectivity index (χ0v) is 14.1. The fourth-order valence-electron chi connectivity index (χ4n) is 2.40. The van der Waals surface area contributed by atoms with Crippen molar-refractivity contribution in [3.63, 3.8) is 0 Å². The molecule has 23 heavy (non-hydrogen) atoms. The number of amides is 3. The lowest BCUT2D eigenvalue weighted by molar-refractivity contribution is -0.116. The molecule has 3 amide bonds. The largest absolute Gasteiger partial charge is 0.335 e. The third-order valence-corrected chi connectivity index (χ3v) is 3.81. The smallest absolute Gasteiger partial charge is 0.315 e. The van der Waals surface area contributed by atoms with E-state index < -0.39 is 0 Å². The van der Waals surface area contributed by atoms with Gasteiger partial charge < -0.3 is 20.9 Å². The van der Waals surface area contributed by atoms with Crippen molar-refractivity contribution in [1.29, 1.82) is 0 Å². The predicted molar refractivity (Wildman–Crippen MR) is 91.2 cm³/mol. The van der Waals surface area contributed by atoms with E-state index in [1.54, 1.807) is 0 Å². The van der Waals surface area contributed by atoms with E-state index in [1.807, 2.05) is 50.2 Å². The molecule has 0 aromatic heterocycles. The summed E-state index contributed by atoms with van der Waals surface area (Å²) in [6, 6.07) is 7.59. The number of nitrogens with one attached hydrogen (secondary N) is 3. The number of urea groups is 1. The average molecular weight is 318 g/mol. The summed E-state index contributed by atoms with van der Waals surface area (Å²) in [4.78, 5) is 25.4. The molecule has 126 valence electrons. The number of benzene rings is 1. The molecule has 1 aromatic carbocycles. The molecule has 6 heteroatoms. The summed E-state index contributed by atoms with van der Waals surface area (Å²) in [5.74, 6) is 0.576. The second kappa shape index (κ2) is 7.97. The van der Waals surface area contributed by atoms with Gasteiger partial charge in [0.1, 0.15) is 0 Å². The van der Waals surface area contributed by atoms with E-state index in [4.69, 9.17) is 0 Å². The van der Waals surface area contributed by atoms with Gasteiger partial charge in [-0.3, -0.25) is 4.79 Å². The van der Waals surface area contributed by atoms with Crippen molar-refractivity contribution >= 4 is 17.6 Å². The summed E-state index contributed by atoms with van der Waals surface area (Å²) < 4.78 is 0. The van der Waals surface area contributed by atoms with Crippen molar-refractivity contribution in [3.05, 3.63) is 29.8 Å². The monoisotopic (exact) mass is 318 g/mol. The first-order chi connectivity index (χ1) is 10.9. The Morgan fingerprint density at radius 3 is 2.70 bits per heavy atom. The van der Waals surface area contributed by atoms with Gasteiger partial charge >= 0.3 is 6.03 Å². The molecule has 3 N–H and O–H groups in total. The molecule has 1 saturated carbocycles. The molecule has 1 fully saturated rings. The molecule has 1 aliphatic rings. The zero-order valence-electron chi connectivity index (χ0n) is 14.1. The van der Waals surface area contributed by atoms with Crippen molar-refractivity contribution in [3.8, 4) is 0 Å². The number of anilines is 1. The van der Waals surface area contributed by atoms with E-state index in [0.717, 1.165) is 11.3 Å². The Bertz CT molecular complexity index is 555. The molecule has 6 nitrogen and oxygen atoms in total. The number of carbonyl (C=O) groups excluding carboxylic acids is 2. The maximum Gasteiger partial charge on any atom is 0.315 e. The fourth-order valence-corrected chi connectivity index (χ4v) is 2.40. The lowest BCUT2D eigenvalue weighted by atomic mass is 10.2. The van der Waals surface area contributed by atoms with Gasteiger partial charge in [-0.2, -0.15) is 0 Å². The van der Waals surface area contributed by atoms with Gasteiger partial charge in [0.2, 0.25) is 5.91 Å². The van der Waals surface area contributed by atoms with Crippen molar-refractivity contribution in [2.75, 3.05) is 26.0 Å². The van der Waals surface area contributed by atoms with Gasteiger partial charge in [0, 0.05) is 18.3 Å². The molecule has 1 unspecified atom stereocenters. The van der Waals surface area contributed by atoms with Crippen molar-refractivity contribution < 1.29 is 9.59 Å². The SMILES string of the molecule is CC(NC(=O)NCc1cccc(NC(=O)CN(C)C)c1)C1CC1. The minimum Gasteiger partial charge on any atom is -0.335 e. The van der Waals surface area contributed by atoms with Crippen LogP contribution in [-0.2, 0) is 11.3 Å². The quantitative estimate of drug-likeness (QED) is 0.717. The molecular formula is C17H26N4O2. The summed E-state index contributed by atoms with van der Waals surface area (Å²) in [5.41, 5.74) is 1.68. The van der Waals surface area contributed by atoms with Gasteiger partial charge in [-0.25, -0.2) is 4.79 Å². The summed E-state index contributed by atoms with van der Waals surface area (Å²) >= 11 is 0. The Balaban J connectivity index is 1.79. The molecule has 0 aliphatic heterocycles. The van der Waals surface area contributed by atoms with Gasteiger partial charge in [-0.15, -0.1) is 0 Å². The highest BCUT2D eigenvalue weighted by Gasteiger charge is 2.28. The highest BCUT2D eigenvalue weighted by atomic mass is 16.2. The third kappa shape index (κ3) is 6.28. The Kier molecular flexibility index (Phi) is 5.98. The summed E-state index contributed by atoms with van der Waals surface area (Å²) in [5, 5.41) is 8.66. The molecule has 0 heterocycles. The van der Waals surface area contributed by atoms with E-state index in [-0.39, 0.29) is 18.0 Å². The number of carbonyl (C=O) groups is 2. The second-order valence-corrected chi connectivity index (χ2v) is 6.44. The van der Waals surface area contributed by atoms with Crippen LogP contribution in [0.3, 0.4) is 0 Å². The van der Waals surface area contributed by atoms with Crippen LogP contribution in [0.2, 0.25) is 0 Å². The lowest BCUT2D eigenvalue weighted by Crippen LogP contribution is -2.41. The fraction of sp³-hybridized carbons (Fsp3) is 0.529. The van der Waals surface area contributed by atoms with Crippen LogP contribution in [0, 0.1) is 5.92 Å².